The first-order chi connectivity index (χ1) is 17.0. The van der Waals surface area contributed by atoms with Crippen molar-refractivity contribution in [2.45, 2.75) is 50.9 Å². The first-order valence-electron chi connectivity index (χ1n) is 12.6. The lowest BCUT2D eigenvalue weighted by Crippen LogP contribution is -2.28. The highest BCUT2D eigenvalue weighted by Gasteiger charge is 2.29. The number of amides is 2. The van der Waals surface area contributed by atoms with E-state index in [1.165, 1.54) is 22.3 Å². The van der Waals surface area contributed by atoms with Gasteiger partial charge in [0.1, 0.15) is 6.61 Å². The highest BCUT2D eigenvalue weighted by Crippen LogP contribution is 2.44. The van der Waals surface area contributed by atoms with Crippen LogP contribution in [0.3, 0.4) is 0 Å². The molecule has 1 fully saturated rings. The molecule has 35 heavy (non-hydrogen) atoms. The Morgan fingerprint density at radius 1 is 0.943 bits per heavy atom. The Bertz CT molecular complexity index is 1010. The van der Waals surface area contributed by atoms with E-state index >= 15 is 0 Å². The molecule has 1 unspecified atom stereocenters. The lowest BCUT2D eigenvalue weighted by Gasteiger charge is -2.16. The molecule has 1 saturated heterocycles. The number of carbonyl (C=O) groups is 3. The van der Waals surface area contributed by atoms with Crippen molar-refractivity contribution < 1.29 is 24.2 Å². The lowest BCUT2D eigenvalue weighted by atomic mass is 9.98. The van der Waals surface area contributed by atoms with Crippen molar-refractivity contribution in [2.24, 2.45) is 5.92 Å². The van der Waals surface area contributed by atoms with Crippen LogP contribution in [0, 0.1) is 5.92 Å². The maximum atomic E-state index is 12.3. The number of hydrogen-bond donors (Lipinski definition) is 2. The van der Waals surface area contributed by atoms with Gasteiger partial charge in [-0.05, 0) is 47.4 Å². The number of fused-ring (bicyclic) bond motifs is 3. The van der Waals surface area contributed by atoms with Crippen molar-refractivity contribution in [1.82, 2.24) is 10.2 Å². The predicted octanol–water partition coefficient (Wildman–Crippen LogP) is 4.80. The maximum absolute atomic E-state index is 12.3. The van der Waals surface area contributed by atoms with E-state index < -0.39 is 12.1 Å². The number of carboxylic acid groups (broad SMARTS) is 1. The van der Waals surface area contributed by atoms with E-state index in [1.807, 2.05) is 24.3 Å². The smallest absolute Gasteiger partial charge is 0.407 e. The number of nitrogens with one attached hydrogen (secondary N) is 1. The number of benzene rings is 2. The van der Waals surface area contributed by atoms with Crippen LogP contribution in [0.2, 0.25) is 0 Å². The zero-order valence-corrected chi connectivity index (χ0v) is 20.1. The second kappa shape index (κ2) is 11.9. The Balaban J connectivity index is 1.08. The summed E-state index contributed by atoms with van der Waals surface area (Å²) in [6.07, 6.45) is 4.52. The summed E-state index contributed by atoms with van der Waals surface area (Å²) in [5, 5.41) is 11.7. The van der Waals surface area contributed by atoms with Crippen molar-refractivity contribution >= 4 is 18.0 Å². The monoisotopic (exact) mass is 478 g/mol. The van der Waals surface area contributed by atoms with Crippen LogP contribution in [0.5, 0.6) is 0 Å². The van der Waals surface area contributed by atoms with E-state index in [1.54, 1.807) is 4.90 Å². The minimum absolute atomic E-state index is 0.0562. The second-order valence-corrected chi connectivity index (χ2v) is 9.51. The van der Waals surface area contributed by atoms with Crippen molar-refractivity contribution in [2.75, 3.05) is 26.2 Å². The summed E-state index contributed by atoms with van der Waals surface area (Å²) in [5.41, 5.74) is 4.81. The molecule has 0 radical (unpaired) electrons. The van der Waals surface area contributed by atoms with Gasteiger partial charge in [0.15, 0.2) is 0 Å². The molecular weight excluding hydrogens is 444 g/mol. The molecule has 0 saturated carbocycles. The number of rotatable bonds is 11. The fraction of sp³-hybridized carbons (Fsp3) is 0.464. The number of unbranched alkanes of at least 4 members (excludes halogenated alkanes) is 3. The molecule has 1 aliphatic carbocycles. The molecule has 1 aliphatic heterocycles. The zero-order valence-electron chi connectivity index (χ0n) is 20.1. The highest BCUT2D eigenvalue weighted by atomic mass is 16.5. The van der Waals surface area contributed by atoms with Crippen LogP contribution >= 0.6 is 0 Å². The van der Waals surface area contributed by atoms with E-state index in [0.717, 1.165) is 32.1 Å². The third-order valence-corrected chi connectivity index (χ3v) is 7.03. The molecule has 2 N–H and O–H groups in total. The van der Waals surface area contributed by atoms with E-state index in [-0.39, 0.29) is 24.2 Å². The molecule has 4 rings (SSSR count). The molecule has 7 heteroatoms. The van der Waals surface area contributed by atoms with Gasteiger partial charge in [0.25, 0.3) is 0 Å². The van der Waals surface area contributed by atoms with Gasteiger partial charge >= 0.3 is 12.1 Å². The fourth-order valence-corrected chi connectivity index (χ4v) is 5.23. The van der Waals surface area contributed by atoms with Crippen LogP contribution in [-0.2, 0) is 14.3 Å². The van der Waals surface area contributed by atoms with Crippen molar-refractivity contribution in [1.29, 1.82) is 0 Å². The van der Waals surface area contributed by atoms with Gasteiger partial charge in [-0.15, -0.1) is 0 Å². The largest absolute Gasteiger partial charge is 0.481 e. The number of carbonyl (C=O) groups excluding carboxylic acids is 2. The molecule has 0 spiro atoms. The quantitative estimate of drug-likeness (QED) is 0.453. The molecule has 1 heterocycles. The summed E-state index contributed by atoms with van der Waals surface area (Å²) in [5.74, 6) is -0.535. The maximum Gasteiger partial charge on any atom is 0.407 e. The molecule has 2 aromatic carbocycles. The first-order valence-corrected chi connectivity index (χ1v) is 12.6. The van der Waals surface area contributed by atoms with Crippen molar-refractivity contribution in [3.8, 4) is 11.1 Å². The van der Waals surface area contributed by atoms with Crippen LogP contribution in [0.4, 0.5) is 4.79 Å². The standard InChI is InChI=1S/C28H34N2O5/c31-26(30-16-14-20(18-30)17-27(32)33)13-3-1-2-8-15-29-28(34)35-19-25-23-11-6-4-9-21(23)22-10-5-7-12-24(22)25/h4-7,9-12,20,25H,1-3,8,13-19H2,(H,29,34)(H,32,33). The van der Waals surface area contributed by atoms with E-state index in [2.05, 4.69) is 29.6 Å². The number of carboxylic acids is 1. The average Bonchev–Trinajstić information content (AvgIpc) is 3.44. The minimum Gasteiger partial charge on any atom is -0.481 e. The van der Waals surface area contributed by atoms with Gasteiger partial charge in [-0.3, -0.25) is 9.59 Å². The number of hydrogen-bond acceptors (Lipinski definition) is 4. The van der Waals surface area contributed by atoms with Crippen LogP contribution in [0.1, 0.15) is 62.0 Å². The summed E-state index contributed by atoms with van der Waals surface area (Å²) >= 11 is 0. The molecule has 1 atom stereocenters. The van der Waals surface area contributed by atoms with Gasteiger partial charge in [-0.2, -0.15) is 0 Å². The number of nitrogens with zero attached hydrogens (tertiary/aromatic N) is 1. The molecule has 0 bridgehead atoms. The molecule has 2 aliphatic rings. The van der Waals surface area contributed by atoms with Gasteiger partial charge < -0.3 is 20.1 Å². The summed E-state index contributed by atoms with van der Waals surface area (Å²) in [6.45, 7) is 2.09. The topological polar surface area (TPSA) is 95.9 Å². The Labute approximate surface area is 206 Å². The number of alkyl carbamates (subject to hydrolysis) is 1. The van der Waals surface area contributed by atoms with Gasteiger partial charge in [-0.1, -0.05) is 61.4 Å². The summed E-state index contributed by atoms with van der Waals surface area (Å²) in [7, 11) is 0. The van der Waals surface area contributed by atoms with Gasteiger partial charge in [-0.25, -0.2) is 4.79 Å². The SMILES string of the molecule is O=C(O)CC1CCN(C(=O)CCCCCCNC(=O)OCC2c3ccccc3-c3ccccc32)C1. The summed E-state index contributed by atoms with van der Waals surface area (Å²) < 4.78 is 5.55. The molecule has 2 aromatic rings. The molecule has 0 aromatic heterocycles. The number of ether oxygens (including phenoxy) is 1. The summed E-state index contributed by atoms with van der Waals surface area (Å²) in [4.78, 5) is 37.1. The Morgan fingerprint density at radius 2 is 1.60 bits per heavy atom. The van der Waals surface area contributed by atoms with Gasteiger partial charge in [0.05, 0.1) is 0 Å². The van der Waals surface area contributed by atoms with E-state index in [0.29, 0.717) is 32.7 Å². The van der Waals surface area contributed by atoms with E-state index in [4.69, 9.17) is 9.84 Å². The fourth-order valence-electron chi connectivity index (χ4n) is 5.23. The predicted molar refractivity (Wildman–Crippen MR) is 133 cm³/mol. The summed E-state index contributed by atoms with van der Waals surface area (Å²) in [6, 6.07) is 16.5. The number of likely N-dealkylation sites (tertiary alicyclic amines) is 1. The third kappa shape index (κ3) is 6.41. The number of aliphatic carboxylic acids is 1. The van der Waals surface area contributed by atoms with Crippen LogP contribution in [-0.4, -0.2) is 54.2 Å². The Kier molecular flexibility index (Phi) is 8.40. The molecule has 186 valence electrons. The molecule has 7 nitrogen and oxygen atoms in total. The van der Waals surface area contributed by atoms with Gasteiger partial charge in [0, 0.05) is 38.4 Å². The van der Waals surface area contributed by atoms with Crippen molar-refractivity contribution in [3.05, 3.63) is 59.7 Å². The lowest BCUT2D eigenvalue weighted by molar-refractivity contribution is -0.138. The third-order valence-electron chi connectivity index (χ3n) is 7.03. The van der Waals surface area contributed by atoms with Crippen LogP contribution in [0.25, 0.3) is 11.1 Å². The second-order valence-electron chi connectivity index (χ2n) is 9.51. The normalized spacial score (nSPS) is 16.6. The molecular formula is C28H34N2O5. The van der Waals surface area contributed by atoms with Crippen LogP contribution < -0.4 is 5.32 Å². The minimum atomic E-state index is -0.795. The van der Waals surface area contributed by atoms with Crippen LogP contribution in [0.15, 0.2) is 48.5 Å². The first kappa shape index (κ1) is 24.8. The average molecular weight is 479 g/mol. The Hall–Kier alpha value is -3.35. The highest BCUT2D eigenvalue weighted by molar-refractivity contribution is 5.79. The van der Waals surface area contributed by atoms with Crippen molar-refractivity contribution in [3.63, 3.8) is 0 Å². The van der Waals surface area contributed by atoms with E-state index in [9.17, 15) is 14.4 Å². The Morgan fingerprint density at radius 3 is 2.29 bits per heavy atom. The zero-order chi connectivity index (χ0) is 24.6. The molecule has 2 amide bonds. The van der Waals surface area contributed by atoms with Gasteiger partial charge in [0.2, 0.25) is 5.91 Å².